The zero-order chi connectivity index (χ0) is 17.1. The molecule has 1 aliphatic rings. The molecule has 0 saturated heterocycles. The summed E-state index contributed by atoms with van der Waals surface area (Å²) in [5.41, 5.74) is 2.83. The Morgan fingerprint density at radius 3 is 2.42 bits per heavy atom. The first-order valence-corrected chi connectivity index (χ1v) is 7.51. The van der Waals surface area contributed by atoms with E-state index < -0.39 is 5.97 Å². The van der Waals surface area contributed by atoms with Gasteiger partial charge in [-0.25, -0.2) is 0 Å². The molecule has 2 aromatic rings. The minimum absolute atomic E-state index is 0.299. The number of esters is 1. The first kappa shape index (κ1) is 15.9. The highest BCUT2D eigenvalue weighted by molar-refractivity contribution is 5.88. The molecule has 1 heterocycles. The first-order chi connectivity index (χ1) is 11.7. The van der Waals surface area contributed by atoms with Crippen molar-refractivity contribution in [2.45, 2.75) is 6.92 Å². The third-order valence-corrected chi connectivity index (χ3v) is 3.71. The molecule has 5 heteroatoms. The molecule has 0 aromatic heterocycles. The Balaban J connectivity index is 2.22. The van der Waals surface area contributed by atoms with Crippen LogP contribution in [-0.4, -0.2) is 26.8 Å². The highest BCUT2D eigenvalue weighted by atomic mass is 16.6. The number of ether oxygens (including phenoxy) is 4. The van der Waals surface area contributed by atoms with Gasteiger partial charge in [0.1, 0.15) is 6.61 Å². The van der Waals surface area contributed by atoms with Crippen molar-refractivity contribution in [3.05, 3.63) is 53.6 Å². The fourth-order valence-electron chi connectivity index (χ4n) is 2.76. The van der Waals surface area contributed by atoms with Crippen LogP contribution in [0.3, 0.4) is 0 Å². The second-order valence-electron chi connectivity index (χ2n) is 5.21. The van der Waals surface area contributed by atoms with Gasteiger partial charge in [-0.05, 0) is 23.3 Å². The highest BCUT2D eigenvalue weighted by Gasteiger charge is 2.27. The van der Waals surface area contributed by atoms with Crippen molar-refractivity contribution in [3.8, 4) is 23.0 Å². The lowest BCUT2D eigenvalue weighted by atomic mass is 9.94. The molecule has 0 fully saturated rings. The third kappa shape index (κ3) is 2.80. The van der Waals surface area contributed by atoms with Crippen LogP contribution < -0.4 is 18.9 Å². The van der Waals surface area contributed by atoms with Gasteiger partial charge in [-0.1, -0.05) is 30.3 Å². The average Bonchev–Trinajstić information content (AvgIpc) is 2.60. The van der Waals surface area contributed by atoms with Gasteiger partial charge in [0.15, 0.2) is 11.5 Å². The van der Waals surface area contributed by atoms with Crippen LogP contribution >= 0.6 is 0 Å². The molecule has 0 bridgehead atoms. The number of carbonyl (C=O) groups excluding carboxylic acids is 1. The summed E-state index contributed by atoms with van der Waals surface area (Å²) >= 11 is 0. The Labute approximate surface area is 140 Å². The maximum atomic E-state index is 11.4. The Morgan fingerprint density at radius 2 is 1.79 bits per heavy atom. The predicted molar refractivity (Wildman–Crippen MR) is 89.9 cm³/mol. The average molecular weight is 326 g/mol. The van der Waals surface area contributed by atoms with Crippen LogP contribution in [0.4, 0.5) is 0 Å². The maximum absolute atomic E-state index is 11.4. The molecule has 0 spiro atoms. The molecule has 0 unspecified atom stereocenters. The molecule has 3 rings (SSSR count). The number of benzene rings is 2. The second kappa shape index (κ2) is 6.66. The van der Waals surface area contributed by atoms with Crippen LogP contribution in [0, 0.1) is 0 Å². The van der Waals surface area contributed by atoms with Gasteiger partial charge in [-0.3, -0.25) is 4.79 Å². The van der Waals surface area contributed by atoms with Gasteiger partial charge in [0, 0.05) is 12.5 Å². The highest BCUT2D eigenvalue weighted by Crippen LogP contribution is 2.50. The lowest BCUT2D eigenvalue weighted by Gasteiger charge is -2.24. The molecule has 124 valence electrons. The molecule has 0 aliphatic carbocycles. The van der Waals surface area contributed by atoms with Crippen LogP contribution in [0.15, 0.2) is 42.5 Å². The summed E-state index contributed by atoms with van der Waals surface area (Å²) < 4.78 is 21.9. The summed E-state index contributed by atoms with van der Waals surface area (Å²) in [6, 6.07) is 11.7. The second-order valence-corrected chi connectivity index (χ2v) is 5.21. The number of carbonyl (C=O) groups is 1. The molecule has 24 heavy (non-hydrogen) atoms. The van der Waals surface area contributed by atoms with Crippen molar-refractivity contribution in [2.75, 3.05) is 20.8 Å². The summed E-state index contributed by atoms with van der Waals surface area (Å²) in [4.78, 5) is 11.4. The molecule has 0 atom stereocenters. The molecule has 0 amide bonds. The summed E-state index contributed by atoms with van der Waals surface area (Å²) in [6.07, 6.45) is 1.99. The number of fused-ring (bicyclic) bond motifs is 1. The Morgan fingerprint density at radius 1 is 1.08 bits per heavy atom. The van der Waals surface area contributed by atoms with Gasteiger partial charge >= 0.3 is 5.97 Å². The largest absolute Gasteiger partial charge is 0.490 e. The van der Waals surface area contributed by atoms with E-state index in [1.165, 1.54) is 21.1 Å². The van der Waals surface area contributed by atoms with E-state index in [9.17, 15) is 4.79 Å². The molecule has 0 N–H and O–H groups in total. The fraction of sp³-hybridized carbons (Fsp3) is 0.211. The quantitative estimate of drug-likeness (QED) is 0.636. The van der Waals surface area contributed by atoms with E-state index in [4.69, 9.17) is 18.9 Å². The Kier molecular flexibility index (Phi) is 4.42. The van der Waals surface area contributed by atoms with E-state index in [1.54, 1.807) is 6.07 Å². The first-order valence-electron chi connectivity index (χ1n) is 7.51. The third-order valence-electron chi connectivity index (χ3n) is 3.71. The zero-order valence-corrected chi connectivity index (χ0v) is 13.8. The molecular formula is C19H18O5. The van der Waals surface area contributed by atoms with Crippen molar-refractivity contribution < 1.29 is 23.7 Å². The van der Waals surface area contributed by atoms with E-state index >= 15 is 0 Å². The lowest BCUT2D eigenvalue weighted by Crippen LogP contribution is -2.10. The normalized spacial score (nSPS) is 12.5. The standard InChI is InChI=1S/C19H18O5/c1-12(20)24-16-11-15-14(13-7-5-4-6-8-13)9-10-23-17(15)19(22-3)18(16)21-2/h4-9,11H,10H2,1-3H3. The Hall–Kier alpha value is -2.95. The number of hydrogen-bond donors (Lipinski definition) is 0. The van der Waals surface area contributed by atoms with E-state index in [1.807, 2.05) is 36.4 Å². The monoisotopic (exact) mass is 326 g/mol. The summed E-state index contributed by atoms with van der Waals surface area (Å²) in [5, 5.41) is 0. The van der Waals surface area contributed by atoms with Gasteiger partial charge in [0.05, 0.1) is 14.2 Å². The van der Waals surface area contributed by atoms with Gasteiger partial charge in [-0.2, -0.15) is 0 Å². The number of methoxy groups -OCH3 is 2. The molecule has 2 aromatic carbocycles. The zero-order valence-electron chi connectivity index (χ0n) is 13.8. The van der Waals surface area contributed by atoms with Crippen molar-refractivity contribution >= 4 is 11.5 Å². The smallest absolute Gasteiger partial charge is 0.308 e. The summed E-state index contributed by atoms with van der Waals surface area (Å²) in [7, 11) is 3.02. The van der Waals surface area contributed by atoms with Crippen LogP contribution in [-0.2, 0) is 4.79 Å². The van der Waals surface area contributed by atoms with Crippen molar-refractivity contribution in [2.24, 2.45) is 0 Å². The maximum Gasteiger partial charge on any atom is 0.308 e. The number of hydrogen-bond acceptors (Lipinski definition) is 5. The summed E-state index contributed by atoms with van der Waals surface area (Å²) in [6.45, 7) is 1.76. The summed E-state index contributed by atoms with van der Waals surface area (Å²) in [5.74, 6) is 1.19. The molecule has 5 nitrogen and oxygen atoms in total. The van der Waals surface area contributed by atoms with Crippen LogP contribution in [0.25, 0.3) is 5.57 Å². The van der Waals surface area contributed by atoms with Crippen LogP contribution in [0.2, 0.25) is 0 Å². The van der Waals surface area contributed by atoms with Crippen molar-refractivity contribution in [1.29, 1.82) is 0 Å². The predicted octanol–water partition coefficient (Wildman–Crippen LogP) is 3.45. The van der Waals surface area contributed by atoms with E-state index in [2.05, 4.69) is 0 Å². The van der Waals surface area contributed by atoms with Gasteiger partial charge in [0.25, 0.3) is 0 Å². The van der Waals surface area contributed by atoms with E-state index in [0.29, 0.717) is 29.6 Å². The van der Waals surface area contributed by atoms with Gasteiger partial charge < -0.3 is 18.9 Å². The van der Waals surface area contributed by atoms with Gasteiger partial charge in [-0.15, -0.1) is 0 Å². The molecule has 0 saturated carbocycles. The molecule has 1 aliphatic heterocycles. The SMILES string of the molecule is COc1c(OC(C)=O)cc2c(c1OC)OCC=C2c1ccccc1. The minimum Gasteiger partial charge on any atom is -0.490 e. The van der Waals surface area contributed by atoms with Crippen molar-refractivity contribution in [3.63, 3.8) is 0 Å². The minimum atomic E-state index is -0.433. The van der Waals surface area contributed by atoms with E-state index in [-0.39, 0.29) is 0 Å². The lowest BCUT2D eigenvalue weighted by molar-refractivity contribution is -0.132. The topological polar surface area (TPSA) is 54.0 Å². The fourth-order valence-corrected chi connectivity index (χ4v) is 2.76. The molecular weight excluding hydrogens is 308 g/mol. The van der Waals surface area contributed by atoms with Gasteiger partial charge in [0.2, 0.25) is 11.5 Å². The van der Waals surface area contributed by atoms with Crippen LogP contribution in [0.5, 0.6) is 23.0 Å². The number of rotatable bonds is 4. The van der Waals surface area contributed by atoms with Crippen LogP contribution in [0.1, 0.15) is 18.1 Å². The molecule has 0 radical (unpaired) electrons. The van der Waals surface area contributed by atoms with E-state index in [0.717, 1.165) is 16.7 Å². The van der Waals surface area contributed by atoms with Crippen molar-refractivity contribution in [1.82, 2.24) is 0 Å². The Bertz CT molecular complexity index is 793.